The maximum absolute atomic E-state index is 4.28. The molecular formula is C17H32N4S. The number of thiophene rings is 1. The molecule has 0 bridgehead atoms. The Morgan fingerprint density at radius 2 is 1.95 bits per heavy atom. The second kappa shape index (κ2) is 10.6. The van der Waals surface area contributed by atoms with E-state index >= 15 is 0 Å². The Morgan fingerprint density at radius 1 is 1.23 bits per heavy atom. The Hall–Kier alpha value is -1.07. The van der Waals surface area contributed by atoms with E-state index in [0.717, 1.165) is 38.4 Å². The number of aryl methyl sites for hydroxylation is 1. The first-order valence-corrected chi connectivity index (χ1v) is 9.10. The van der Waals surface area contributed by atoms with Crippen LogP contribution in [-0.4, -0.2) is 44.1 Å². The fourth-order valence-corrected chi connectivity index (χ4v) is 2.95. The molecule has 0 spiro atoms. The minimum Gasteiger partial charge on any atom is -0.356 e. The number of nitrogens with one attached hydrogen (secondary N) is 2. The lowest BCUT2D eigenvalue weighted by molar-refractivity contribution is 0.268. The van der Waals surface area contributed by atoms with E-state index in [4.69, 9.17) is 0 Å². The van der Waals surface area contributed by atoms with Crippen molar-refractivity contribution in [1.29, 1.82) is 0 Å². The quantitative estimate of drug-likeness (QED) is 0.416. The van der Waals surface area contributed by atoms with Gasteiger partial charge >= 0.3 is 0 Å². The lowest BCUT2D eigenvalue weighted by Crippen LogP contribution is -2.37. The van der Waals surface area contributed by atoms with Crippen molar-refractivity contribution in [2.24, 2.45) is 4.99 Å². The van der Waals surface area contributed by atoms with Gasteiger partial charge in [-0.25, -0.2) is 0 Å². The first-order valence-electron chi connectivity index (χ1n) is 8.29. The van der Waals surface area contributed by atoms with Crippen LogP contribution in [0, 0.1) is 0 Å². The molecule has 1 rings (SSSR count). The highest BCUT2D eigenvalue weighted by Crippen LogP contribution is 2.16. The average Bonchev–Trinajstić information content (AvgIpc) is 2.97. The summed E-state index contributed by atoms with van der Waals surface area (Å²) < 4.78 is 0. The molecule has 1 aromatic rings. The summed E-state index contributed by atoms with van der Waals surface area (Å²) in [6.07, 6.45) is 3.49. The van der Waals surface area contributed by atoms with Crippen molar-refractivity contribution in [2.45, 2.75) is 52.6 Å². The molecule has 0 saturated carbocycles. The van der Waals surface area contributed by atoms with Crippen molar-refractivity contribution >= 4 is 17.3 Å². The summed E-state index contributed by atoms with van der Waals surface area (Å²) in [6.45, 7) is 9.63. The van der Waals surface area contributed by atoms with E-state index < -0.39 is 0 Å². The van der Waals surface area contributed by atoms with Gasteiger partial charge in [-0.2, -0.15) is 0 Å². The van der Waals surface area contributed by atoms with Crippen LogP contribution in [0.3, 0.4) is 0 Å². The van der Waals surface area contributed by atoms with Gasteiger partial charge in [-0.3, -0.25) is 4.99 Å². The van der Waals surface area contributed by atoms with Gasteiger partial charge in [0.05, 0.1) is 6.54 Å². The normalized spacial score (nSPS) is 12.2. The number of hydrogen-bond acceptors (Lipinski definition) is 3. The largest absolute Gasteiger partial charge is 0.356 e. The van der Waals surface area contributed by atoms with Crippen LogP contribution in [0.1, 0.15) is 43.4 Å². The predicted molar refractivity (Wildman–Crippen MR) is 98.9 cm³/mol. The van der Waals surface area contributed by atoms with E-state index in [1.54, 1.807) is 0 Å². The molecule has 0 aliphatic heterocycles. The number of aliphatic imine (C=N–C) groups is 1. The van der Waals surface area contributed by atoms with Gasteiger partial charge in [0.25, 0.3) is 0 Å². The van der Waals surface area contributed by atoms with Crippen molar-refractivity contribution < 1.29 is 0 Å². The lowest BCUT2D eigenvalue weighted by atomic mass is 10.2. The molecule has 126 valence electrons. The maximum Gasteiger partial charge on any atom is 0.191 e. The zero-order valence-corrected chi connectivity index (χ0v) is 15.6. The van der Waals surface area contributed by atoms with Crippen LogP contribution < -0.4 is 10.6 Å². The standard InChI is InChI=1S/C17H32N4S/c1-6-15-9-10-16(22-15)13-20-17(18-4)19-11-7-8-12-21(5)14(2)3/h9-10,14H,6-8,11-13H2,1-5H3,(H2,18,19,20). The first kappa shape index (κ1) is 19.0. The SMILES string of the molecule is CCc1ccc(CNC(=NC)NCCCCN(C)C(C)C)s1. The third-order valence-corrected chi connectivity index (χ3v) is 5.06. The van der Waals surface area contributed by atoms with Crippen LogP contribution in [0.4, 0.5) is 0 Å². The van der Waals surface area contributed by atoms with Crippen molar-refractivity contribution in [3.63, 3.8) is 0 Å². The molecule has 1 aromatic heterocycles. The molecule has 0 atom stereocenters. The van der Waals surface area contributed by atoms with E-state index in [0.29, 0.717) is 6.04 Å². The Bertz CT molecular complexity index is 440. The van der Waals surface area contributed by atoms with Crippen molar-refractivity contribution in [3.8, 4) is 0 Å². The monoisotopic (exact) mass is 324 g/mol. The van der Waals surface area contributed by atoms with Gasteiger partial charge in [-0.1, -0.05) is 6.92 Å². The lowest BCUT2D eigenvalue weighted by Gasteiger charge is -2.20. The zero-order chi connectivity index (χ0) is 16.4. The number of hydrogen-bond donors (Lipinski definition) is 2. The maximum atomic E-state index is 4.28. The van der Waals surface area contributed by atoms with E-state index in [9.17, 15) is 0 Å². The number of unbranched alkanes of at least 4 members (excludes halogenated alkanes) is 1. The van der Waals surface area contributed by atoms with Crippen LogP contribution in [0.15, 0.2) is 17.1 Å². The van der Waals surface area contributed by atoms with Crippen LogP contribution in [-0.2, 0) is 13.0 Å². The van der Waals surface area contributed by atoms with Gasteiger partial charge in [0.1, 0.15) is 0 Å². The number of nitrogens with zero attached hydrogens (tertiary/aromatic N) is 2. The molecule has 0 saturated heterocycles. The highest BCUT2D eigenvalue weighted by atomic mass is 32.1. The van der Waals surface area contributed by atoms with Crippen molar-refractivity contribution in [2.75, 3.05) is 27.2 Å². The summed E-state index contributed by atoms with van der Waals surface area (Å²) in [6, 6.07) is 5.04. The second-order valence-corrected chi connectivity index (χ2v) is 7.11. The fraction of sp³-hybridized carbons (Fsp3) is 0.706. The number of rotatable bonds is 9. The second-order valence-electron chi connectivity index (χ2n) is 5.86. The molecule has 0 amide bonds. The van der Waals surface area contributed by atoms with Gasteiger partial charge in [-0.15, -0.1) is 11.3 Å². The third kappa shape index (κ3) is 7.27. The van der Waals surface area contributed by atoms with Gasteiger partial charge in [-0.05, 0) is 58.8 Å². The Kier molecular flexibility index (Phi) is 9.16. The smallest absolute Gasteiger partial charge is 0.191 e. The highest BCUT2D eigenvalue weighted by Gasteiger charge is 2.03. The van der Waals surface area contributed by atoms with Crippen molar-refractivity contribution in [1.82, 2.24) is 15.5 Å². The summed E-state index contributed by atoms with van der Waals surface area (Å²) >= 11 is 1.87. The van der Waals surface area contributed by atoms with E-state index in [1.165, 1.54) is 16.2 Å². The molecule has 1 heterocycles. The van der Waals surface area contributed by atoms with Gasteiger partial charge in [0.2, 0.25) is 0 Å². The summed E-state index contributed by atoms with van der Waals surface area (Å²) in [5.41, 5.74) is 0. The van der Waals surface area contributed by atoms with Gasteiger partial charge < -0.3 is 15.5 Å². The topological polar surface area (TPSA) is 39.7 Å². The van der Waals surface area contributed by atoms with Crippen LogP contribution in [0.2, 0.25) is 0 Å². The molecule has 0 radical (unpaired) electrons. The molecule has 4 nitrogen and oxygen atoms in total. The Morgan fingerprint density at radius 3 is 2.55 bits per heavy atom. The summed E-state index contributed by atoms with van der Waals surface area (Å²) in [5.74, 6) is 0.892. The predicted octanol–water partition coefficient (Wildman–Crippen LogP) is 3.10. The summed E-state index contributed by atoms with van der Waals surface area (Å²) in [7, 11) is 4.01. The molecular weight excluding hydrogens is 292 g/mol. The molecule has 0 aliphatic carbocycles. The average molecular weight is 325 g/mol. The van der Waals surface area contributed by atoms with E-state index in [2.05, 4.69) is 60.5 Å². The highest BCUT2D eigenvalue weighted by molar-refractivity contribution is 7.11. The van der Waals surface area contributed by atoms with Gasteiger partial charge in [0.15, 0.2) is 5.96 Å². The van der Waals surface area contributed by atoms with Crippen LogP contribution in [0.25, 0.3) is 0 Å². The molecule has 22 heavy (non-hydrogen) atoms. The molecule has 0 aliphatic rings. The van der Waals surface area contributed by atoms with Crippen LogP contribution >= 0.6 is 11.3 Å². The minimum absolute atomic E-state index is 0.626. The number of guanidine groups is 1. The summed E-state index contributed by atoms with van der Waals surface area (Å²) in [5, 5.41) is 6.77. The molecule has 0 aromatic carbocycles. The first-order chi connectivity index (χ1) is 10.6. The van der Waals surface area contributed by atoms with Crippen LogP contribution in [0.5, 0.6) is 0 Å². The molecule has 5 heteroatoms. The summed E-state index contributed by atoms with van der Waals surface area (Å²) in [4.78, 5) is 9.46. The third-order valence-electron chi connectivity index (χ3n) is 3.83. The Labute approximate surface area is 140 Å². The minimum atomic E-state index is 0.626. The van der Waals surface area contributed by atoms with E-state index in [1.807, 2.05) is 18.4 Å². The fourth-order valence-electron chi connectivity index (χ4n) is 2.05. The molecule has 2 N–H and O–H groups in total. The van der Waals surface area contributed by atoms with Crippen molar-refractivity contribution in [3.05, 3.63) is 21.9 Å². The molecule has 0 fully saturated rings. The van der Waals surface area contributed by atoms with Gasteiger partial charge in [0, 0.05) is 29.4 Å². The van der Waals surface area contributed by atoms with E-state index in [-0.39, 0.29) is 0 Å². The zero-order valence-electron chi connectivity index (χ0n) is 14.8. The Balaban J connectivity index is 2.17. The molecule has 0 unspecified atom stereocenters.